The summed E-state index contributed by atoms with van der Waals surface area (Å²) in [5.74, 6) is -0.161. The van der Waals surface area contributed by atoms with Crippen molar-refractivity contribution >= 4 is 17.6 Å². The van der Waals surface area contributed by atoms with E-state index in [1.165, 1.54) is 7.11 Å². The summed E-state index contributed by atoms with van der Waals surface area (Å²) in [4.78, 5) is 23.1. The first-order valence-corrected chi connectivity index (χ1v) is 7.82. The van der Waals surface area contributed by atoms with Crippen LogP contribution < -0.4 is 14.9 Å². The molecule has 0 saturated carbocycles. The maximum atomic E-state index is 12.1. The highest BCUT2D eigenvalue weighted by molar-refractivity contribution is 6.01. The number of rotatable bonds is 7. The molecule has 0 spiro atoms. The Hall–Kier alpha value is -3.35. The molecule has 2 rings (SSSR count). The van der Waals surface area contributed by atoms with Crippen LogP contribution >= 0.6 is 0 Å². The summed E-state index contributed by atoms with van der Waals surface area (Å²) < 4.78 is 10.2. The Morgan fingerprint density at radius 2 is 1.69 bits per heavy atom. The first-order valence-electron chi connectivity index (χ1n) is 7.82. The molecule has 0 aliphatic carbocycles. The molecular formula is C19H20N2O5. The smallest absolute Gasteiger partial charge is 0.307 e. The van der Waals surface area contributed by atoms with E-state index in [0.717, 1.165) is 0 Å². The molecule has 0 aliphatic heterocycles. The number of amides is 1. The largest absolute Gasteiger partial charge is 0.497 e. The minimum Gasteiger partial charge on any atom is -0.497 e. The molecule has 0 bridgehead atoms. The van der Waals surface area contributed by atoms with Gasteiger partial charge in [-0.15, -0.1) is 0 Å². The predicted octanol–water partition coefficient (Wildman–Crippen LogP) is 2.48. The van der Waals surface area contributed by atoms with Gasteiger partial charge >= 0.3 is 5.97 Å². The van der Waals surface area contributed by atoms with Crippen LogP contribution in [0.4, 0.5) is 0 Å². The van der Waals surface area contributed by atoms with E-state index in [9.17, 15) is 9.59 Å². The summed E-state index contributed by atoms with van der Waals surface area (Å²) in [5, 5.41) is 13.1. The molecule has 0 saturated heterocycles. The number of hydrogen-bond acceptors (Lipinski definition) is 5. The van der Waals surface area contributed by atoms with Gasteiger partial charge < -0.3 is 14.6 Å². The Bertz CT molecular complexity index is 828. The van der Waals surface area contributed by atoms with E-state index in [0.29, 0.717) is 33.9 Å². The van der Waals surface area contributed by atoms with Crippen LogP contribution in [0.2, 0.25) is 0 Å². The standard InChI is InChI=1S/C19H20N2O5/c1-12(14-6-9-17(26-3)15(10-14)11-18(22)23)20-21-19(24)13-4-7-16(25-2)8-5-13/h4-10H,11H2,1-3H3,(H,21,24)(H,22,23)/b20-12-. The molecule has 0 radical (unpaired) electrons. The summed E-state index contributed by atoms with van der Waals surface area (Å²) in [6.07, 6.45) is -0.164. The van der Waals surface area contributed by atoms with E-state index in [-0.39, 0.29) is 12.3 Å². The zero-order valence-corrected chi connectivity index (χ0v) is 14.8. The molecule has 2 N–H and O–H groups in total. The number of benzene rings is 2. The number of methoxy groups -OCH3 is 2. The topological polar surface area (TPSA) is 97.2 Å². The normalized spacial score (nSPS) is 11.0. The molecule has 7 heteroatoms. The molecule has 2 aromatic carbocycles. The second kappa shape index (κ2) is 8.66. The number of hydrazone groups is 1. The zero-order chi connectivity index (χ0) is 19.1. The van der Waals surface area contributed by atoms with Gasteiger partial charge in [-0.1, -0.05) is 0 Å². The van der Waals surface area contributed by atoms with Crippen LogP contribution in [0, 0.1) is 0 Å². The lowest BCUT2D eigenvalue weighted by atomic mass is 10.0. The van der Waals surface area contributed by atoms with Crippen molar-refractivity contribution in [3.05, 3.63) is 59.2 Å². The molecular weight excluding hydrogens is 336 g/mol. The molecule has 0 atom stereocenters. The number of nitrogens with one attached hydrogen (secondary N) is 1. The highest BCUT2D eigenvalue weighted by Crippen LogP contribution is 2.21. The quantitative estimate of drug-likeness (QED) is 0.587. The highest BCUT2D eigenvalue weighted by atomic mass is 16.5. The summed E-state index contributed by atoms with van der Waals surface area (Å²) in [5.41, 5.74) is 4.70. The third-order valence-electron chi connectivity index (χ3n) is 3.72. The van der Waals surface area contributed by atoms with E-state index in [2.05, 4.69) is 10.5 Å². The van der Waals surface area contributed by atoms with E-state index in [1.54, 1.807) is 56.5 Å². The number of ether oxygens (including phenoxy) is 2. The Kier molecular flexibility index (Phi) is 6.32. The molecule has 0 heterocycles. The lowest BCUT2D eigenvalue weighted by Crippen LogP contribution is -2.19. The van der Waals surface area contributed by atoms with Crippen LogP contribution in [0.25, 0.3) is 0 Å². The van der Waals surface area contributed by atoms with Gasteiger partial charge in [0.25, 0.3) is 5.91 Å². The van der Waals surface area contributed by atoms with Crippen LogP contribution in [0.1, 0.15) is 28.4 Å². The molecule has 0 aromatic heterocycles. The molecule has 26 heavy (non-hydrogen) atoms. The minimum atomic E-state index is -0.956. The summed E-state index contributed by atoms with van der Waals surface area (Å²) >= 11 is 0. The van der Waals surface area contributed by atoms with Gasteiger partial charge in [0, 0.05) is 11.1 Å². The van der Waals surface area contributed by atoms with Crippen molar-refractivity contribution in [1.82, 2.24) is 5.43 Å². The van der Waals surface area contributed by atoms with Gasteiger partial charge in [-0.3, -0.25) is 9.59 Å². The van der Waals surface area contributed by atoms with Gasteiger partial charge in [-0.05, 0) is 55.0 Å². The Morgan fingerprint density at radius 1 is 1.04 bits per heavy atom. The van der Waals surface area contributed by atoms with Crippen LogP contribution in [0.5, 0.6) is 11.5 Å². The van der Waals surface area contributed by atoms with E-state index >= 15 is 0 Å². The van der Waals surface area contributed by atoms with Crippen molar-refractivity contribution in [3.63, 3.8) is 0 Å². The number of carbonyl (C=O) groups is 2. The van der Waals surface area contributed by atoms with Crippen molar-refractivity contribution in [2.45, 2.75) is 13.3 Å². The Balaban J connectivity index is 2.15. The molecule has 2 aromatic rings. The molecule has 0 unspecified atom stereocenters. The third-order valence-corrected chi connectivity index (χ3v) is 3.72. The second-order valence-corrected chi connectivity index (χ2v) is 5.46. The SMILES string of the molecule is COc1ccc(C(=O)N/N=C(/C)c2ccc(OC)c(CC(=O)O)c2)cc1. The van der Waals surface area contributed by atoms with Crippen molar-refractivity contribution in [2.24, 2.45) is 5.10 Å². The van der Waals surface area contributed by atoms with Crippen LogP contribution in [-0.2, 0) is 11.2 Å². The first kappa shape index (κ1) is 19.0. The van der Waals surface area contributed by atoms with Crippen molar-refractivity contribution < 1.29 is 24.2 Å². The van der Waals surface area contributed by atoms with Gasteiger partial charge in [0.15, 0.2) is 0 Å². The van der Waals surface area contributed by atoms with Gasteiger partial charge in [-0.25, -0.2) is 5.43 Å². The number of carboxylic acid groups (broad SMARTS) is 1. The van der Waals surface area contributed by atoms with Gasteiger partial charge in [0.1, 0.15) is 11.5 Å². The van der Waals surface area contributed by atoms with Crippen LogP contribution in [0.3, 0.4) is 0 Å². The van der Waals surface area contributed by atoms with Crippen LogP contribution in [0.15, 0.2) is 47.6 Å². The first-order chi connectivity index (χ1) is 12.4. The lowest BCUT2D eigenvalue weighted by molar-refractivity contribution is -0.136. The lowest BCUT2D eigenvalue weighted by Gasteiger charge is -2.09. The summed E-state index contributed by atoms with van der Waals surface area (Å²) in [7, 11) is 3.03. The maximum Gasteiger partial charge on any atom is 0.307 e. The Labute approximate surface area is 151 Å². The van der Waals surface area contributed by atoms with Crippen molar-refractivity contribution in [3.8, 4) is 11.5 Å². The molecule has 1 amide bonds. The molecule has 0 fully saturated rings. The van der Waals surface area contributed by atoms with Crippen LogP contribution in [-0.4, -0.2) is 36.9 Å². The number of hydrogen-bond donors (Lipinski definition) is 2. The fraction of sp³-hybridized carbons (Fsp3) is 0.211. The third kappa shape index (κ3) is 4.83. The fourth-order valence-corrected chi connectivity index (χ4v) is 2.31. The molecule has 0 aliphatic rings. The fourth-order valence-electron chi connectivity index (χ4n) is 2.31. The minimum absolute atomic E-state index is 0.164. The number of carbonyl (C=O) groups excluding carboxylic acids is 1. The van der Waals surface area contributed by atoms with Gasteiger partial charge in [0.05, 0.1) is 26.4 Å². The number of nitrogens with zero attached hydrogens (tertiary/aromatic N) is 1. The average Bonchev–Trinajstić information content (AvgIpc) is 2.65. The van der Waals surface area contributed by atoms with E-state index in [4.69, 9.17) is 14.6 Å². The monoisotopic (exact) mass is 356 g/mol. The number of carboxylic acids is 1. The van der Waals surface area contributed by atoms with Gasteiger partial charge in [-0.2, -0.15) is 5.10 Å². The molecule has 7 nitrogen and oxygen atoms in total. The predicted molar refractivity (Wildman–Crippen MR) is 97.0 cm³/mol. The van der Waals surface area contributed by atoms with Gasteiger partial charge in [0.2, 0.25) is 0 Å². The number of aliphatic carboxylic acids is 1. The maximum absolute atomic E-state index is 12.1. The summed E-state index contributed by atoms with van der Waals surface area (Å²) in [6, 6.07) is 11.8. The molecule has 136 valence electrons. The second-order valence-electron chi connectivity index (χ2n) is 5.46. The van der Waals surface area contributed by atoms with E-state index in [1.807, 2.05) is 0 Å². The zero-order valence-electron chi connectivity index (χ0n) is 14.8. The van der Waals surface area contributed by atoms with Crippen molar-refractivity contribution in [2.75, 3.05) is 14.2 Å². The van der Waals surface area contributed by atoms with Crippen molar-refractivity contribution in [1.29, 1.82) is 0 Å². The van der Waals surface area contributed by atoms with E-state index < -0.39 is 5.97 Å². The highest BCUT2D eigenvalue weighted by Gasteiger charge is 2.11. The Morgan fingerprint density at radius 3 is 2.27 bits per heavy atom. The summed E-state index contributed by atoms with van der Waals surface area (Å²) in [6.45, 7) is 1.72. The average molecular weight is 356 g/mol.